The second-order valence-corrected chi connectivity index (χ2v) is 8.62. The summed E-state index contributed by atoms with van der Waals surface area (Å²) in [6.07, 6.45) is 0. The Hall–Kier alpha value is -2.67. The first-order chi connectivity index (χ1) is 17.9. The zero-order valence-corrected chi connectivity index (χ0v) is 26.6. The Balaban J connectivity index is 0.000000258. The van der Waals surface area contributed by atoms with E-state index in [-0.39, 0.29) is 68.2 Å². The molecule has 0 fully saturated rings. The van der Waals surface area contributed by atoms with E-state index >= 15 is 0 Å². The number of hydrogen-bond acceptors (Lipinski definition) is 0. The van der Waals surface area contributed by atoms with Crippen LogP contribution in [0.3, 0.4) is 0 Å². The van der Waals surface area contributed by atoms with Gasteiger partial charge in [0.2, 0.25) is 0 Å². The fourth-order valence-electron chi connectivity index (χ4n) is 4.28. The number of hydrogen-bond donors (Lipinski definition) is 0. The smallest absolute Gasteiger partial charge is 1.00 e. The molecule has 8 rings (SSSR count). The second-order valence-electron chi connectivity index (χ2n) is 8.62. The SMILES string of the molecule is [Cl-].[Cl-].[Ti+2].[Ti+2].c1ccc2[cH-]ccc2c1.c1ccc2[cH-]ccc2c1.c1ccc2[cH-]ccc2c1.c1ccc2[cH-]ccc2c1. The number of halogens is 2. The molecule has 0 spiro atoms. The number of fused-ring (bicyclic) bond motifs is 4. The van der Waals surface area contributed by atoms with Crippen molar-refractivity contribution >= 4 is 43.1 Å². The Bertz CT molecular complexity index is 1380. The summed E-state index contributed by atoms with van der Waals surface area (Å²) < 4.78 is 0. The Morgan fingerprint density at radius 2 is 0.475 bits per heavy atom. The summed E-state index contributed by atoms with van der Waals surface area (Å²) in [5.74, 6) is 0. The molecule has 4 heteroatoms. The van der Waals surface area contributed by atoms with Gasteiger partial charge >= 0.3 is 43.4 Å². The molecule has 0 bridgehead atoms. The molecule has 0 aliphatic carbocycles. The molecule has 8 aromatic carbocycles. The molecule has 0 saturated carbocycles. The maximum atomic E-state index is 2.12. The quantitative estimate of drug-likeness (QED) is 0.175. The predicted molar refractivity (Wildman–Crippen MR) is 158 cm³/mol. The second kappa shape index (κ2) is 18.6. The van der Waals surface area contributed by atoms with Gasteiger partial charge in [-0.05, 0) is 0 Å². The maximum absolute atomic E-state index is 2.12. The molecular weight excluding hydrogens is 599 g/mol. The first-order valence-electron chi connectivity index (χ1n) is 12.3. The Morgan fingerprint density at radius 1 is 0.275 bits per heavy atom. The van der Waals surface area contributed by atoms with Gasteiger partial charge in [-0.15, -0.1) is 119 Å². The van der Waals surface area contributed by atoms with Crippen molar-refractivity contribution in [2.45, 2.75) is 0 Å². The van der Waals surface area contributed by atoms with Gasteiger partial charge in [0.05, 0.1) is 0 Å². The van der Waals surface area contributed by atoms with E-state index in [1.54, 1.807) is 0 Å². The van der Waals surface area contributed by atoms with Gasteiger partial charge in [-0.2, -0.15) is 70.1 Å². The molecule has 0 saturated heterocycles. The molecule has 0 nitrogen and oxygen atoms in total. The van der Waals surface area contributed by atoms with Crippen molar-refractivity contribution in [3.63, 3.8) is 0 Å². The van der Waals surface area contributed by atoms with Gasteiger partial charge < -0.3 is 24.8 Å². The molecular formula is C36H28Cl2Ti2-2. The molecule has 0 unspecified atom stereocenters. The van der Waals surface area contributed by atoms with Crippen LogP contribution in [0.1, 0.15) is 0 Å². The van der Waals surface area contributed by atoms with Crippen molar-refractivity contribution < 1.29 is 68.2 Å². The van der Waals surface area contributed by atoms with Crippen LogP contribution >= 0.6 is 0 Å². The van der Waals surface area contributed by atoms with Crippen LogP contribution < -0.4 is 24.8 Å². The van der Waals surface area contributed by atoms with Gasteiger partial charge in [0.25, 0.3) is 0 Å². The number of rotatable bonds is 0. The van der Waals surface area contributed by atoms with Crippen molar-refractivity contribution in [1.29, 1.82) is 0 Å². The summed E-state index contributed by atoms with van der Waals surface area (Å²) in [6.45, 7) is 0. The minimum absolute atomic E-state index is 0. The minimum Gasteiger partial charge on any atom is -1.00 e. The monoisotopic (exact) mass is 626 g/mol. The van der Waals surface area contributed by atoms with Crippen molar-refractivity contribution in [3.05, 3.63) is 170 Å². The van der Waals surface area contributed by atoms with Crippen LogP contribution in [0.4, 0.5) is 0 Å². The van der Waals surface area contributed by atoms with E-state index in [0.717, 1.165) is 0 Å². The van der Waals surface area contributed by atoms with Gasteiger partial charge in [-0.1, -0.05) is 24.3 Å². The third-order valence-corrected chi connectivity index (χ3v) is 6.19. The van der Waals surface area contributed by atoms with E-state index < -0.39 is 0 Å². The molecule has 0 radical (unpaired) electrons. The zero-order valence-electron chi connectivity index (χ0n) is 21.9. The van der Waals surface area contributed by atoms with Crippen molar-refractivity contribution in [2.24, 2.45) is 0 Å². The van der Waals surface area contributed by atoms with E-state index in [9.17, 15) is 0 Å². The summed E-state index contributed by atoms with van der Waals surface area (Å²) in [6, 6.07) is 58.7. The molecule has 196 valence electrons. The fourth-order valence-corrected chi connectivity index (χ4v) is 4.28. The van der Waals surface area contributed by atoms with E-state index in [2.05, 4.69) is 170 Å². The van der Waals surface area contributed by atoms with Crippen LogP contribution in [-0.2, 0) is 43.4 Å². The van der Waals surface area contributed by atoms with Crippen molar-refractivity contribution in [2.75, 3.05) is 0 Å². The molecule has 8 aromatic rings. The molecule has 0 aliphatic rings. The van der Waals surface area contributed by atoms with Crippen LogP contribution in [0.2, 0.25) is 0 Å². The van der Waals surface area contributed by atoms with Crippen LogP contribution in [0.25, 0.3) is 43.1 Å². The van der Waals surface area contributed by atoms with Gasteiger partial charge in [0.1, 0.15) is 0 Å². The predicted octanol–water partition coefficient (Wildman–Crippen LogP) is 4.24. The summed E-state index contributed by atoms with van der Waals surface area (Å²) in [7, 11) is 0. The van der Waals surface area contributed by atoms with Gasteiger partial charge in [0, 0.05) is 0 Å². The standard InChI is InChI=1S/4C9H7.2ClH.2Ti/c4*1-2-5-9-7-3-6-8(9)4-1;;;;/h4*1-7H;2*1H;;/q4*-1;;;2*+2/p-2. The van der Waals surface area contributed by atoms with Crippen LogP contribution in [0.15, 0.2) is 170 Å². The van der Waals surface area contributed by atoms with E-state index in [1.807, 2.05) is 0 Å². The summed E-state index contributed by atoms with van der Waals surface area (Å²) >= 11 is 0. The average Bonchev–Trinajstić information content (AvgIpc) is 3.76. The van der Waals surface area contributed by atoms with Crippen LogP contribution in [0, 0.1) is 0 Å². The molecule has 40 heavy (non-hydrogen) atoms. The molecule has 0 atom stereocenters. The van der Waals surface area contributed by atoms with E-state index in [1.165, 1.54) is 43.1 Å². The van der Waals surface area contributed by atoms with E-state index in [4.69, 9.17) is 0 Å². The normalized spacial score (nSPS) is 9.20. The Labute approximate surface area is 279 Å². The fraction of sp³-hybridized carbons (Fsp3) is 0. The van der Waals surface area contributed by atoms with Crippen molar-refractivity contribution in [3.8, 4) is 0 Å². The number of benzene rings is 4. The van der Waals surface area contributed by atoms with Crippen LogP contribution in [-0.4, -0.2) is 0 Å². The summed E-state index contributed by atoms with van der Waals surface area (Å²) in [4.78, 5) is 0. The van der Waals surface area contributed by atoms with Gasteiger partial charge in [-0.3, -0.25) is 0 Å². The van der Waals surface area contributed by atoms with E-state index in [0.29, 0.717) is 0 Å². The Kier molecular flexibility index (Phi) is 16.5. The Morgan fingerprint density at radius 3 is 0.675 bits per heavy atom. The molecule has 0 amide bonds. The van der Waals surface area contributed by atoms with Crippen LogP contribution in [0.5, 0.6) is 0 Å². The maximum Gasteiger partial charge on any atom is 2.00 e. The third kappa shape index (κ3) is 9.76. The van der Waals surface area contributed by atoms with Crippen molar-refractivity contribution in [1.82, 2.24) is 0 Å². The first-order valence-corrected chi connectivity index (χ1v) is 12.3. The third-order valence-electron chi connectivity index (χ3n) is 6.19. The summed E-state index contributed by atoms with van der Waals surface area (Å²) in [5, 5.41) is 10.6. The summed E-state index contributed by atoms with van der Waals surface area (Å²) in [5.41, 5.74) is 0. The van der Waals surface area contributed by atoms with Gasteiger partial charge in [0.15, 0.2) is 0 Å². The molecule has 0 N–H and O–H groups in total. The van der Waals surface area contributed by atoms with Gasteiger partial charge in [-0.25, -0.2) is 0 Å². The zero-order chi connectivity index (χ0) is 24.4. The first kappa shape index (κ1) is 35.4. The molecule has 0 heterocycles. The molecule has 0 aromatic heterocycles. The topological polar surface area (TPSA) is 0 Å². The minimum atomic E-state index is 0. The largest absolute Gasteiger partial charge is 2.00 e. The molecule has 0 aliphatic heterocycles. The average molecular weight is 627 g/mol.